The van der Waals surface area contributed by atoms with Crippen LogP contribution in [-0.2, 0) is 14.3 Å². The van der Waals surface area contributed by atoms with Gasteiger partial charge >= 0.3 is 0 Å². The number of hydrogen-bond acceptors (Lipinski definition) is 3. The van der Waals surface area contributed by atoms with Crippen LogP contribution in [0.3, 0.4) is 0 Å². The molecule has 1 heterocycles. The van der Waals surface area contributed by atoms with Gasteiger partial charge < -0.3 is 9.47 Å². The van der Waals surface area contributed by atoms with Gasteiger partial charge in [0.05, 0.1) is 13.2 Å². The third kappa shape index (κ3) is 4.30. The molecule has 0 unspecified atom stereocenters. The fourth-order valence-electron chi connectivity index (χ4n) is 4.99. The number of ketones is 1. The number of carbonyl (C=O) groups is 1. The summed E-state index contributed by atoms with van der Waals surface area (Å²) in [6.07, 6.45) is 14.5. The number of fused-ring (bicyclic) bond motifs is 2. The summed E-state index contributed by atoms with van der Waals surface area (Å²) in [5.74, 6) is 0.326. The summed E-state index contributed by atoms with van der Waals surface area (Å²) in [6, 6.07) is 0. The highest BCUT2D eigenvalue weighted by Crippen LogP contribution is 2.58. The van der Waals surface area contributed by atoms with Crippen LogP contribution in [0.2, 0.25) is 0 Å². The number of rotatable bonds is 0. The monoisotopic (exact) mass is 372 g/mol. The lowest BCUT2D eigenvalue weighted by atomic mass is 9.71. The van der Waals surface area contributed by atoms with Gasteiger partial charge in [-0.3, -0.25) is 4.79 Å². The van der Waals surface area contributed by atoms with E-state index in [2.05, 4.69) is 39.0 Å². The standard InChI is InChI=1S/C24H36O3/c1-18-6-5-7-19(2)12-14-23(4)21(10-9-20(3)22(25)11-8-18)13-15-24(23)26-16-17-27-24/h6,9,12,21H,5,7-8,10-11,13-17H2,1-4H3/b18-6+,19-12+,20-9+/t21-,23+/m1/s1. The molecule has 3 rings (SSSR count). The second kappa shape index (κ2) is 8.45. The van der Waals surface area contributed by atoms with Crippen molar-refractivity contribution in [3.8, 4) is 0 Å². The first-order valence-electron chi connectivity index (χ1n) is 10.7. The lowest BCUT2D eigenvalue weighted by molar-refractivity contribution is -0.223. The zero-order valence-corrected chi connectivity index (χ0v) is 17.6. The summed E-state index contributed by atoms with van der Waals surface area (Å²) < 4.78 is 12.4. The van der Waals surface area contributed by atoms with E-state index in [1.807, 2.05) is 6.92 Å². The Labute approximate surface area is 164 Å². The smallest absolute Gasteiger partial charge is 0.174 e. The molecule has 1 saturated carbocycles. The molecule has 0 N–H and O–H groups in total. The molecular formula is C24H36O3. The van der Waals surface area contributed by atoms with Crippen molar-refractivity contribution in [3.63, 3.8) is 0 Å². The molecule has 2 aliphatic carbocycles. The van der Waals surface area contributed by atoms with Crippen LogP contribution in [0.4, 0.5) is 0 Å². The molecule has 2 atom stereocenters. The third-order valence-electron chi connectivity index (χ3n) is 7.15. The average molecular weight is 373 g/mol. The van der Waals surface area contributed by atoms with Gasteiger partial charge in [-0.2, -0.15) is 0 Å². The Hall–Kier alpha value is -1.19. The summed E-state index contributed by atoms with van der Waals surface area (Å²) in [5.41, 5.74) is 3.64. The Morgan fingerprint density at radius 1 is 0.963 bits per heavy atom. The maximum absolute atomic E-state index is 12.5. The fourth-order valence-corrected chi connectivity index (χ4v) is 4.99. The molecule has 0 radical (unpaired) electrons. The summed E-state index contributed by atoms with van der Waals surface area (Å²) in [5, 5.41) is 0. The molecule has 0 amide bonds. The minimum atomic E-state index is -0.440. The molecule has 1 aliphatic heterocycles. The first-order chi connectivity index (χ1) is 12.9. The van der Waals surface area contributed by atoms with Crippen LogP contribution in [0.5, 0.6) is 0 Å². The quantitative estimate of drug-likeness (QED) is 0.496. The second-order valence-electron chi connectivity index (χ2n) is 8.99. The van der Waals surface area contributed by atoms with Crippen LogP contribution in [0.1, 0.15) is 79.1 Å². The van der Waals surface area contributed by atoms with Crippen LogP contribution < -0.4 is 0 Å². The summed E-state index contributed by atoms with van der Waals surface area (Å²) >= 11 is 0. The highest BCUT2D eigenvalue weighted by molar-refractivity contribution is 5.94. The number of ether oxygens (including phenoxy) is 2. The first-order valence-corrected chi connectivity index (χ1v) is 10.7. The Bertz CT molecular complexity index is 649. The predicted molar refractivity (Wildman–Crippen MR) is 109 cm³/mol. The van der Waals surface area contributed by atoms with Crippen molar-refractivity contribution < 1.29 is 14.3 Å². The van der Waals surface area contributed by atoms with Gasteiger partial charge in [-0.1, -0.05) is 36.3 Å². The molecule has 0 aromatic carbocycles. The summed E-state index contributed by atoms with van der Waals surface area (Å²) in [7, 11) is 0. The van der Waals surface area contributed by atoms with Crippen molar-refractivity contribution in [3.05, 3.63) is 34.9 Å². The van der Waals surface area contributed by atoms with Gasteiger partial charge in [-0.25, -0.2) is 0 Å². The van der Waals surface area contributed by atoms with Crippen molar-refractivity contribution in [1.82, 2.24) is 0 Å². The Kier molecular flexibility index (Phi) is 6.43. The highest BCUT2D eigenvalue weighted by Gasteiger charge is 2.60. The van der Waals surface area contributed by atoms with E-state index in [1.165, 1.54) is 11.1 Å². The van der Waals surface area contributed by atoms with Crippen LogP contribution in [0.15, 0.2) is 34.9 Å². The first kappa shape index (κ1) is 20.5. The number of allylic oxidation sites excluding steroid dienone is 6. The maximum Gasteiger partial charge on any atom is 0.174 e. The molecule has 27 heavy (non-hydrogen) atoms. The zero-order valence-electron chi connectivity index (χ0n) is 17.6. The van der Waals surface area contributed by atoms with Gasteiger partial charge in [0.15, 0.2) is 11.6 Å². The molecule has 0 aromatic heterocycles. The molecule has 3 aliphatic rings. The molecule has 3 heteroatoms. The molecule has 3 nitrogen and oxygen atoms in total. The van der Waals surface area contributed by atoms with Crippen molar-refractivity contribution in [2.24, 2.45) is 11.3 Å². The minimum absolute atomic E-state index is 0.0451. The van der Waals surface area contributed by atoms with Gasteiger partial charge in [-0.05, 0) is 70.8 Å². The maximum atomic E-state index is 12.5. The minimum Gasteiger partial charge on any atom is -0.347 e. The Balaban J connectivity index is 1.89. The van der Waals surface area contributed by atoms with Gasteiger partial charge in [0.1, 0.15) is 0 Å². The lowest BCUT2D eigenvalue weighted by Crippen LogP contribution is -2.45. The number of carbonyl (C=O) groups excluding carboxylic acids is 1. The molecule has 150 valence electrons. The zero-order chi connectivity index (χ0) is 19.5. The van der Waals surface area contributed by atoms with E-state index in [9.17, 15) is 4.79 Å². The average Bonchev–Trinajstić information content (AvgIpc) is 3.23. The van der Waals surface area contributed by atoms with E-state index in [0.29, 0.717) is 25.6 Å². The van der Waals surface area contributed by atoms with E-state index in [1.54, 1.807) is 0 Å². The molecule has 0 aromatic rings. The second-order valence-corrected chi connectivity index (χ2v) is 8.99. The third-order valence-corrected chi connectivity index (χ3v) is 7.15. The predicted octanol–water partition coefficient (Wildman–Crippen LogP) is 5.91. The molecule has 1 spiro atoms. The van der Waals surface area contributed by atoms with E-state index < -0.39 is 5.79 Å². The van der Waals surface area contributed by atoms with Crippen molar-refractivity contribution in [2.75, 3.05) is 13.2 Å². The van der Waals surface area contributed by atoms with Crippen molar-refractivity contribution >= 4 is 5.78 Å². The van der Waals surface area contributed by atoms with E-state index in [4.69, 9.17) is 9.47 Å². The van der Waals surface area contributed by atoms with E-state index in [0.717, 1.165) is 50.5 Å². The van der Waals surface area contributed by atoms with Crippen LogP contribution >= 0.6 is 0 Å². The Morgan fingerprint density at radius 3 is 2.41 bits per heavy atom. The topological polar surface area (TPSA) is 35.5 Å². The van der Waals surface area contributed by atoms with Crippen molar-refractivity contribution in [1.29, 1.82) is 0 Å². The molecule has 0 bridgehead atoms. The van der Waals surface area contributed by atoms with Crippen LogP contribution in [-0.4, -0.2) is 24.8 Å². The van der Waals surface area contributed by atoms with E-state index >= 15 is 0 Å². The van der Waals surface area contributed by atoms with E-state index in [-0.39, 0.29) is 11.2 Å². The molecular weight excluding hydrogens is 336 g/mol. The molecule has 1 saturated heterocycles. The normalized spacial score (nSPS) is 38.7. The summed E-state index contributed by atoms with van der Waals surface area (Å²) in [4.78, 5) is 12.5. The highest BCUT2D eigenvalue weighted by atomic mass is 16.7. The number of hydrogen-bond donors (Lipinski definition) is 0. The lowest BCUT2D eigenvalue weighted by Gasteiger charge is -2.42. The Morgan fingerprint density at radius 2 is 1.67 bits per heavy atom. The van der Waals surface area contributed by atoms with Gasteiger partial charge in [0.2, 0.25) is 0 Å². The number of Topliss-reactive ketones (excluding diaryl/α,β-unsaturated/α-hetero) is 1. The SMILES string of the molecule is C/C1=C\C[C@@]2(C)[C@H](C/C=C(\C)C(=O)CC/C(C)=C/CC1)CCC21OCCO1. The van der Waals surface area contributed by atoms with Gasteiger partial charge in [0, 0.05) is 18.3 Å². The largest absolute Gasteiger partial charge is 0.347 e. The van der Waals surface area contributed by atoms with Gasteiger partial charge in [0.25, 0.3) is 0 Å². The van der Waals surface area contributed by atoms with Crippen molar-refractivity contribution in [2.45, 2.75) is 84.8 Å². The van der Waals surface area contributed by atoms with Crippen LogP contribution in [0, 0.1) is 11.3 Å². The summed E-state index contributed by atoms with van der Waals surface area (Å²) in [6.45, 7) is 10.1. The van der Waals surface area contributed by atoms with Crippen LogP contribution in [0.25, 0.3) is 0 Å². The molecule has 2 fully saturated rings. The fraction of sp³-hybridized carbons (Fsp3) is 0.708. The van der Waals surface area contributed by atoms with Gasteiger partial charge in [-0.15, -0.1) is 0 Å².